The van der Waals surface area contributed by atoms with E-state index in [1.807, 2.05) is 18.2 Å². The number of halogens is 1. The van der Waals surface area contributed by atoms with Crippen LogP contribution in [0, 0.1) is 0 Å². The number of benzene rings is 1. The highest BCUT2D eigenvalue weighted by atomic mass is 35.5. The zero-order valence-electron chi connectivity index (χ0n) is 11.2. The third kappa shape index (κ3) is 3.93. The van der Waals surface area contributed by atoms with E-state index in [9.17, 15) is 4.79 Å². The molecule has 1 saturated heterocycles. The van der Waals surface area contributed by atoms with Gasteiger partial charge in [-0.15, -0.1) is 12.4 Å². The van der Waals surface area contributed by atoms with Gasteiger partial charge in [-0.3, -0.25) is 9.69 Å². The zero-order valence-corrected chi connectivity index (χ0v) is 12.0. The minimum atomic E-state index is -0.845. The van der Waals surface area contributed by atoms with E-state index in [-0.39, 0.29) is 18.4 Å². The Hall–Kier alpha value is -1.10. The van der Waals surface area contributed by atoms with Crippen molar-refractivity contribution in [1.29, 1.82) is 0 Å². The Morgan fingerprint density at radius 2 is 2.11 bits per heavy atom. The maximum Gasteiger partial charge on any atom is 0.327 e. The molecule has 5 heteroatoms. The Kier molecular flexibility index (Phi) is 5.79. The first kappa shape index (κ1) is 16.0. The maximum absolute atomic E-state index is 11.7. The van der Waals surface area contributed by atoms with Gasteiger partial charge in [0, 0.05) is 13.1 Å². The minimum Gasteiger partial charge on any atom is -0.468 e. The normalized spacial score (nSPS) is 23.5. The first-order chi connectivity index (χ1) is 8.64. The van der Waals surface area contributed by atoms with Crippen LogP contribution in [-0.2, 0) is 16.1 Å². The number of rotatable bonds is 3. The lowest BCUT2D eigenvalue weighted by Gasteiger charge is -2.38. The summed E-state index contributed by atoms with van der Waals surface area (Å²) in [5, 5.41) is 0. The predicted molar refractivity (Wildman–Crippen MR) is 77.1 cm³/mol. The van der Waals surface area contributed by atoms with Gasteiger partial charge in [0.25, 0.3) is 0 Å². The number of nitrogens with two attached hydrogens (primary N) is 1. The number of hydrogen-bond acceptors (Lipinski definition) is 4. The quantitative estimate of drug-likeness (QED) is 0.856. The molecule has 1 aromatic rings. The third-order valence-corrected chi connectivity index (χ3v) is 3.44. The van der Waals surface area contributed by atoms with E-state index < -0.39 is 5.54 Å². The van der Waals surface area contributed by atoms with Crippen LogP contribution >= 0.6 is 12.4 Å². The molecular weight excluding hydrogens is 264 g/mol. The van der Waals surface area contributed by atoms with Crippen molar-refractivity contribution < 1.29 is 9.53 Å². The third-order valence-electron chi connectivity index (χ3n) is 3.44. The summed E-state index contributed by atoms with van der Waals surface area (Å²) in [6.07, 6.45) is 1.63. The zero-order chi connectivity index (χ0) is 13.0. The van der Waals surface area contributed by atoms with Crippen molar-refractivity contribution >= 4 is 18.4 Å². The van der Waals surface area contributed by atoms with E-state index in [2.05, 4.69) is 17.0 Å². The molecule has 1 aliphatic heterocycles. The van der Waals surface area contributed by atoms with Crippen molar-refractivity contribution in [2.75, 3.05) is 20.2 Å². The van der Waals surface area contributed by atoms with Crippen LogP contribution in [0.4, 0.5) is 0 Å². The summed E-state index contributed by atoms with van der Waals surface area (Å²) < 4.78 is 4.80. The van der Waals surface area contributed by atoms with Gasteiger partial charge in [0.1, 0.15) is 5.54 Å². The van der Waals surface area contributed by atoms with Crippen molar-refractivity contribution in [3.8, 4) is 0 Å². The fraction of sp³-hybridized carbons (Fsp3) is 0.500. The van der Waals surface area contributed by atoms with Crippen LogP contribution in [0.5, 0.6) is 0 Å². The molecule has 0 bridgehead atoms. The van der Waals surface area contributed by atoms with Crippen LogP contribution < -0.4 is 5.73 Å². The Bertz CT molecular complexity index is 413. The molecule has 0 spiro atoms. The number of likely N-dealkylation sites (tertiary alicyclic amines) is 1. The van der Waals surface area contributed by atoms with E-state index in [4.69, 9.17) is 10.5 Å². The van der Waals surface area contributed by atoms with Gasteiger partial charge in [-0.25, -0.2) is 0 Å². The Labute approximate surface area is 120 Å². The molecule has 1 aromatic carbocycles. The summed E-state index contributed by atoms with van der Waals surface area (Å²) in [7, 11) is 1.40. The van der Waals surface area contributed by atoms with E-state index in [1.54, 1.807) is 0 Å². The highest BCUT2D eigenvalue weighted by molar-refractivity contribution is 5.85. The summed E-state index contributed by atoms with van der Waals surface area (Å²) in [5.74, 6) is -0.305. The standard InChI is InChI=1S/C14H20N2O2.ClH/c1-18-13(17)14(15)8-5-9-16(11-14)10-12-6-3-2-4-7-12;/h2-4,6-7H,5,8-11,15H2,1H3;1H. The molecular formula is C14H21ClN2O2. The van der Waals surface area contributed by atoms with E-state index in [1.165, 1.54) is 12.7 Å². The largest absolute Gasteiger partial charge is 0.468 e. The van der Waals surface area contributed by atoms with Gasteiger partial charge in [0.15, 0.2) is 0 Å². The molecule has 0 amide bonds. The van der Waals surface area contributed by atoms with Gasteiger partial charge in [0.2, 0.25) is 0 Å². The fourth-order valence-corrected chi connectivity index (χ4v) is 2.52. The number of piperidine rings is 1. The van der Waals surface area contributed by atoms with E-state index >= 15 is 0 Å². The fourth-order valence-electron chi connectivity index (χ4n) is 2.52. The second-order valence-electron chi connectivity index (χ2n) is 4.95. The summed E-state index contributed by atoms with van der Waals surface area (Å²) >= 11 is 0. The first-order valence-corrected chi connectivity index (χ1v) is 6.28. The van der Waals surface area contributed by atoms with Gasteiger partial charge >= 0.3 is 5.97 Å². The van der Waals surface area contributed by atoms with Crippen molar-refractivity contribution in [3.63, 3.8) is 0 Å². The molecule has 0 aromatic heterocycles. The van der Waals surface area contributed by atoms with Gasteiger partial charge in [-0.2, -0.15) is 0 Å². The summed E-state index contributed by atoms with van der Waals surface area (Å²) in [4.78, 5) is 13.9. The molecule has 1 heterocycles. The SMILES string of the molecule is COC(=O)C1(N)CCCN(Cc2ccccc2)C1.Cl. The Morgan fingerprint density at radius 3 is 2.74 bits per heavy atom. The molecule has 1 fully saturated rings. The second-order valence-corrected chi connectivity index (χ2v) is 4.95. The van der Waals surface area contributed by atoms with Crippen LogP contribution in [0.1, 0.15) is 18.4 Å². The highest BCUT2D eigenvalue weighted by Crippen LogP contribution is 2.21. The molecule has 19 heavy (non-hydrogen) atoms. The number of nitrogens with zero attached hydrogens (tertiary/aromatic N) is 1. The lowest BCUT2D eigenvalue weighted by molar-refractivity contribution is -0.149. The molecule has 106 valence electrons. The Balaban J connectivity index is 0.00000180. The van der Waals surface area contributed by atoms with Gasteiger partial charge in [-0.1, -0.05) is 30.3 Å². The monoisotopic (exact) mass is 284 g/mol. The smallest absolute Gasteiger partial charge is 0.327 e. The molecule has 4 nitrogen and oxygen atoms in total. The van der Waals surface area contributed by atoms with Gasteiger partial charge < -0.3 is 10.5 Å². The first-order valence-electron chi connectivity index (χ1n) is 6.28. The molecule has 0 radical (unpaired) electrons. The topological polar surface area (TPSA) is 55.6 Å². The highest BCUT2D eigenvalue weighted by Gasteiger charge is 2.39. The summed E-state index contributed by atoms with van der Waals surface area (Å²) in [6, 6.07) is 10.2. The van der Waals surface area contributed by atoms with Crippen molar-refractivity contribution in [2.45, 2.75) is 24.9 Å². The molecule has 1 unspecified atom stereocenters. The van der Waals surface area contributed by atoms with Gasteiger partial charge in [0.05, 0.1) is 7.11 Å². The van der Waals surface area contributed by atoms with Crippen LogP contribution in [0.3, 0.4) is 0 Å². The minimum absolute atomic E-state index is 0. The number of carbonyl (C=O) groups is 1. The molecule has 1 atom stereocenters. The average Bonchev–Trinajstić information content (AvgIpc) is 2.39. The van der Waals surface area contributed by atoms with E-state index in [0.29, 0.717) is 13.0 Å². The Morgan fingerprint density at radius 1 is 1.42 bits per heavy atom. The molecule has 0 aliphatic carbocycles. The second kappa shape index (κ2) is 6.89. The van der Waals surface area contributed by atoms with Crippen LogP contribution in [0.2, 0.25) is 0 Å². The number of methoxy groups -OCH3 is 1. The number of carbonyl (C=O) groups excluding carboxylic acids is 1. The van der Waals surface area contributed by atoms with Crippen LogP contribution in [0.25, 0.3) is 0 Å². The maximum atomic E-state index is 11.7. The van der Waals surface area contributed by atoms with Gasteiger partial charge in [-0.05, 0) is 24.9 Å². The molecule has 0 saturated carbocycles. The van der Waals surface area contributed by atoms with Crippen LogP contribution in [-0.4, -0.2) is 36.6 Å². The summed E-state index contributed by atoms with van der Waals surface area (Å²) in [6.45, 7) is 2.37. The molecule has 1 aliphatic rings. The lowest BCUT2D eigenvalue weighted by atomic mass is 9.90. The predicted octanol–water partition coefficient (Wildman–Crippen LogP) is 1.57. The average molecular weight is 285 g/mol. The number of esters is 1. The number of ether oxygens (including phenoxy) is 1. The molecule has 2 N–H and O–H groups in total. The van der Waals surface area contributed by atoms with Crippen molar-refractivity contribution in [2.24, 2.45) is 5.73 Å². The number of hydrogen-bond donors (Lipinski definition) is 1. The molecule has 2 rings (SSSR count). The van der Waals surface area contributed by atoms with Crippen molar-refractivity contribution in [3.05, 3.63) is 35.9 Å². The van der Waals surface area contributed by atoms with Crippen molar-refractivity contribution in [1.82, 2.24) is 4.90 Å². The lowest BCUT2D eigenvalue weighted by Crippen LogP contribution is -2.59. The van der Waals surface area contributed by atoms with E-state index in [0.717, 1.165) is 19.5 Å². The van der Waals surface area contributed by atoms with Crippen LogP contribution in [0.15, 0.2) is 30.3 Å². The summed E-state index contributed by atoms with van der Waals surface area (Å²) in [5.41, 5.74) is 6.54.